The molecule has 1 fully saturated rings. The van der Waals surface area contributed by atoms with Crippen molar-refractivity contribution < 1.29 is 0 Å². The molecule has 0 atom stereocenters. The second-order valence-electron chi connectivity index (χ2n) is 4.88. The molecule has 0 amide bonds. The normalized spacial score (nSPS) is 17.6. The van der Waals surface area contributed by atoms with Crippen molar-refractivity contribution >= 4 is 5.69 Å². The van der Waals surface area contributed by atoms with Crippen molar-refractivity contribution in [3.8, 4) is 0 Å². The van der Waals surface area contributed by atoms with Crippen LogP contribution in [-0.4, -0.2) is 20.6 Å². The number of aryl methyl sites for hydroxylation is 1. The summed E-state index contributed by atoms with van der Waals surface area (Å²) in [5.74, 6) is 0. The molecule has 0 saturated heterocycles. The van der Waals surface area contributed by atoms with E-state index in [-0.39, 0.29) is 0 Å². The summed E-state index contributed by atoms with van der Waals surface area (Å²) in [6.45, 7) is 2.93. The Morgan fingerprint density at radius 3 is 2.47 bits per heavy atom. The van der Waals surface area contributed by atoms with Gasteiger partial charge in [0.15, 0.2) is 0 Å². The predicted molar refractivity (Wildman–Crippen MR) is 65.5 cm³/mol. The Labute approximate surface area is 92.1 Å². The van der Waals surface area contributed by atoms with Gasteiger partial charge in [0.05, 0.1) is 0 Å². The summed E-state index contributed by atoms with van der Waals surface area (Å²) in [7, 11) is 4.18. The van der Waals surface area contributed by atoms with Crippen molar-refractivity contribution in [1.82, 2.24) is 0 Å². The first-order chi connectivity index (χ1) is 7.09. The van der Waals surface area contributed by atoms with E-state index in [1.54, 1.807) is 0 Å². The molecule has 2 rings (SSSR count). The lowest BCUT2D eigenvalue weighted by Gasteiger charge is -2.20. The van der Waals surface area contributed by atoms with Crippen molar-refractivity contribution in [2.24, 2.45) is 5.73 Å². The summed E-state index contributed by atoms with van der Waals surface area (Å²) in [6.07, 6.45) is 2.50. The zero-order chi connectivity index (χ0) is 11.1. The van der Waals surface area contributed by atoms with E-state index in [0.29, 0.717) is 5.41 Å². The Morgan fingerprint density at radius 1 is 1.33 bits per heavy atom. The summed E-state index contributed by atoms with van der Waals surface area (Å²) >= 11 is 0. The number of hydrogen-bond acceptors (Lipinski definition) is 2. The van der Waals surface area contributed by atoms with Crippen LogP contribution in [-0.2, 0) is 5.41 Å². The SMILES string of the molecule is Cc1ccc(C2(CN)CC2)cc1N(C)C. The molecule has 0 aliphatic heterocycles. The predicted octanol–water partition coefficient (Wildman–Crippen LogP) is 2.05. The highest BCUT2D eigenvalue weighted by atomic mass is 15.1. The van der Waals surface area contributed by atoms with Gasteiger partial charge in [-0.2, -0.15) is 0 Å². The van der Waals surface area contributed by atoms with Crippen LogP contribution >= 0.6 is 0 Å². The third kappa shape index (κ3) is 1.74. The van der Waals surface area contributed by atoms with Crippen LogP contribution in [0.25, 0.3) is 0 Å². The van der Waals surface area contributed by atoms with Crippen LogP contribution in [0.3, 0.4) is 0 Å². The number of rotatable bonds is 3. The average molecular weight is 204 g/mol. The minimum absolute atomic E-state index is 0.304. The van der Waals surface area contributed by atoms with Gasteiger partial charge in [-0.05, 0) is 37.0 Å². The minimum atomic E-state index is 0.304. The lowest BCUT2D eigenvalue weighted by atomic mass is 9.94. The second-order valence-corrected chi connectivity index (χ2v) is 4.88. The van der Waals surface area contributed by atoms with Gasteiger partial charge in [0.1, 0.15) is 0 Å². The van der Waals surface area contributed by atoms with Gasteiger partial charge in [0.25, 0.3) is 0 Å². The molecule has 82 valence electrons. The summed E-state index contributed by atoms with van der Waals surface area (Å²) in [5, 5.41) is 0. The maximum absolute atomic E-state index is 5.85. The molecule has 0 bridgehead atoms. The van der Waals surface area contributed by atoms with Crippen molar-refractivity contribution in [2.75, 3.05) is 25.5 Å². The zero-order valence-electron chi connectivity index (χ0n) is 9.88. The van der Waals surface area contributed by atoms with E-state index in [9.17, 15) is 0 Å². The molecular formula is C13H20N2. The highest BCUT2D eigenvalue weighted by Crippen LogP contribution is 2.48. The molecule has 1 aromatic carbocycles. The molecule has 0 heterocycles. The summed E-state index contributed by atoms with van der Waals surface area (Å²) < 4.78 is 0. The number of anilines is 1. The van der Waals surface area contributed by atoms with Gasteiger partial charge in [-0.25, -0.2) is 0 Å². The fraction of sp³-hybridized carbons (Fsp3) is 0.538. The fourth-order valence-corrected chi connectivity index (χ4v) is 2.18. The lowest BCUT2D eigenvalue weighted by Crippen LogP contribution is -2.20. The van der Waals surface area contributed by atoms with Gasteiger partial charge >= 0.3 is 0 Å². The van der Waals surface area contributed by atoms with Crippen LogP contribution < -0.4 is 10.6 Å². The zero-order valence-corrected chi connectivity index (χ0v) is 9.88. The molecule has 0 radical (unpaired) electrons. The molecule has 0 spiro atoms. The second kappa shape index (κ2) is 3.53. The van der Waals surface area contributed by atoms with Gasteiger partial charge < -0.3 is 10.6 Å². The molecule has 1 aliphatic carbocycles. The van der Waals surface area contributed by atoms with Crippen molar-refractivity contribution in [1.29, 1.82) is 0 Å². The first-order valence-corrected chi connectivity index (χ1v) is 5.57. The van der Waals surface area contributed by atoms with E-state index in [4.69, 9.17) is 5.73 Å². The van der Waals surface area contributed by atoms with Gasteiger partial charge in [-0.1, -0.05) is 12.1 Å². The molecule has 2 heteroatoms. The molecule has 15 heavy (non-hydrogen) atoms. The molecule has 1 aliphatic rings. The summed E-state index contributed by atoms with van der Waals surface area (Å²) in [5.41, 5.74) is 10.2. The standard InChI is InChI=1S/C13H20N2/c1-10-4-5-11(8-12(10)15(2)3)13(9-14)6-7-13/h4-5,8H,6-7,9,14H2,1-3H3. The Bertz CT molecular complexity index is 365. The molecule has 0 unspecified atom stereocenters. The first-order valence-electron chi connectivity index (χ1n) is 5.57. The van der Waals surface area contributed by atoms with E-state index in [1.165, 1.54) is 29.7 Å². The third-order valence-corrected chi connectivity index (χ3v) is 3.55. The maximum atomic E-state index is 5.85. The van der Waals surface area contributed by atoms with Crippen LogP contribution in [0.15, 0.2) is 18.2 Å². The van der Waals surface area contributed by atoms with Gasteiger partial charge in [-0.15, -0.1) is 0 Å². The van der Waals surface area contributed by atoms with E-state index >= 15 is 0 Å². The van der Waals surface area contributed by atoms with E-state index in [2.05, 4.69) is 44.1 Å². The van der Waals surface area contributed by atoms with Gasteiger partial charge in [0, 0.05) is 31.7 Å². The largest absolute Gasteiger partial charge is 0.377 e. The van der Waals surface area contributed by atoms with Gasteiger partial charge in [0.2, 0.25) is 0 Å². The van der Waals surface area contributed by atoms with E-state index < -0.39 is 0 Å². The van der Waals surface area contributed by atoms with Gasteiger partial charge in [-0.3, -0.25) is 0 Å². The van der Waals surface area contributed by atoms with Crippen LogP contribution in [0, 0.1) is 6.92 Å². The van der Waals surface area contributed by atoms with Crippen molar-refractivity contribution in [3.63, 3.8) is 0 Å². The molecule has 0 aromatic heterocycles. The van der Waals surface area contributed by atoms with Crippen LogP contribution in [0.1, 0.15) is 24.0 Å². The number of hydrogen-bond donors (Lipinski definition) is 1. The number of nitrogens with two attached hydrogens (primary N) is 1. The highest BCUT2D eigenvalue weighted by Gasteiger charge is 2.42. The summed E-state index contributed by atoms with van der Waals surface area (Å²) in [6, 6.07) is 6.75. The lowest BCUT2D eigenvalue weighted by molar-refractivity contribution is 0.704. The van der Waals surface area contributed by atoms with Crippen LogP contribution in [0.4, 0.5) is 5.69 Å². The fourth-order valence-electron chi connectivity index (χ4n) is 2.18. The molecule has 2 nitrogen and oxygen atoms in total. The first kappa shape index (κ1) is 10.5. The molecule has 1 saturated carbocycles. The Kier molecular flexibility index (Phi) is 2.47. The smallest absolute Gasteiger partial charge is 0.0393 e. The third-order valence-electron chi connectivity index (χ3n) is 3.55. The van der Waals surface area contributed by atoms with Crippen LogP contribution in [0.2, 0.25) is 0 Å². The number of nitrogens with zero attached hydrogens (tertiary/aromatic N) is 1. The van der Waals surface area contributed by atoms with Crippen molar-refractivity contribution in [3.05, 3.63) is 29.3 Å². The average Bonchev–Trinajstić information content (AvgIpc) is 2.99. The number of benzene rings is 1. The minimum Gasteiger partial charge on any atom is -0.377 e. The topological polar surface area (TPSA) is 29.3 Å². The monoisotopic (exact) mass is 204 g/mol. The molecule has 1 aromatic rings. The summed E-state index contributed by atoms with van der Waals surface area (Å²) in [4.78, 5) is 2.17. The van der Waals surface area contributed by atoms with E-state index in [0.717, 1.165) is 6.54 Å². The van der Waals surface area contributed by atoms with Crippen molar-refractivity contribution in [2.45, 2.75) is 25.2 Å². The maximum Gasteiger partial charge on any atom is 0.0393 e. The highest BCUT2D eigenvalue weighted by molar-refractivity contribution is 5.56. The van der Waals surface area contributed by atoms with E-state index in [1.807, 2.05) is 0 Å². The Balaban J connectivity index is 2.39. The molecule has 2 N–H and O–H groups in total. The van der Waals surface area contributed by atoms with Crippen LogP contribution in [0.5, 0.6) is 0 Å². The Hall–Kier alpha value is -1.02. The quantitative estimate of drug-likeness (QED) is 0.816. The Morgan fingerprint density at radius 2 is 2.00 bits per heavy atom. The molecular weight excluding hydrogens is 184 g/mol.